The molecule has 150 valence electrons. The number of rotatable bonds is 5. The van der Waals surface area contributed by atoms with Crippen molar-refractivity contribution in [2.75, 3.05) is 31.6 Å². The molecule has 0 aromatic carbocycles. The Labute approximate surface area is 163 Å². The molecule has 27 heavy (non-hydrogen) atoms. The smallest absolute Gasteiger partial charge is 0.239 e. The van der Waals surface area contributed by atoms with E-state index in [4.69, 9.17) is 0 Å². The Kier molecular flexibility index (Phi) is 7.88. The number of hydrogen-bond acceptors (Lipinski definition) is 4. The molecule has 3 N–H and O–H groups in total. The quantitative estimate of drug-likeness (QED) is 0.543. The molecule has 0 saturated carbocycles. The lowest BCUT2D eigenvalue weighted by Crippen LogP contribution is -2.48. The van der Waals surface area contributed by atoms with Crippen molar-refractivity contribution in [3.63, 3.8) is 0 Å². The first-order valence-electron chi connectivity index (χ1n) is 9.83. The van der Waals surface area contributed by atoms with Crippen molar-refractivity contribution < 1.29 is 4.79 Å². The van der Waals surface area contributed by atoms with E-state index >= 15 is 0 Å². The van der Waals surface area contributed by atoms with Crippen LogP contribution in [-0.2, 0) is 11.3 Å². The van der Waals surface area contributed by atoms with Gasteiger partial charge in [-0.05, 0) is 45.2 Å². The minimum Gasteiger partial charge on any atom is -0.357 e. The van der Waals surface area contributed by atoms with Gasteiger partial charge in [0.2, 0.25) is 5.91 Å². The molecule has 1 aliphatic heterocycles. The number of carbonyl (C=O) groups is 1. The molecule has 1 fully saturated rings. The van der Waals surface area contributed by atoms with Gasteiger partial charge in [0.05, 0.1) is 6.54 Å². The first kappa shape index (κ1) is 21.0. The number of amides is 1. The summed E-state index contributed by atoms with van der Waals surface area (Å²) in [5.41, 5.74) is 0.840. The van der Waals surface area contributed by atoms with E-state index in [1.165, 1.54) is 25.7 Å². The molecule has 1 aliphatic rings. The Hall–Kier alpha value is -2.31. The second-order valence-electron chi connectivity index (χ2n) is 8.00. The number of carbonyl (C=O) groups excluding carboxylic acids is 1. The van der Waals surface area contributed by atoms with Crippen LogP contribution < -0.4 is 20.9 Å². The van der Waals surface area contributed by atoms with Gasteiger partial charge < -0.3 is 20.9 Å². The second kappa shape index (κ2) is 10.1. The fraction of sp³-hybridized carbons (Fsp3) is 0.650. The van der Waals surface area contributed by atoms with Gasteiger partial charge in [-0.25, -0.2) is 4.98 Å². The monoisotopic (exact) mass is 374 g/mol. The first-order valence-corrected chi connectivity index (χ1v) is 9.83. The van der Waals surface area contributed by atoms with E-state index in [1.807, 2.05) is 27.0 Å². The lowest BCUT2D eigenvalue weighted by molar-refractivity contribution is -0.121. The Morgan fingerprint density at radius 2 is 1.85 bits per heavy atom. The van der Waals surface area contributed by atoms with Gasteiger partial charge >= 0.3 is 0 Å². The van der Waals surface area contributed by atoms with E-state index in [2.05, 4.69) is 43.0 Å². The molecule has 0 bridgehead atoms. The maximum absolute atomic E-state index is 11.9. The standard InChI is InChI=1S/C20H34N6O/c1-20(2,3)25-18(27)15-24-19(21-4)23-14-16-9-10-17(22-13-16)26-11-7-5-6-8-12-26/h9-10,13H,5-8,11-12,14-15H2,1-4H3,(H,25,27)(H2,21,23,24). The van der Waals surface area contributed by atoms with Gasteiger partial charge in [-0.1, -0.05) is 18.9 Å². The van der Waals surface area contributed by atoms with Gasteiger partial charge in [0.25, 0.3) is 0 Å². The largest absolute Gasteiger partial charge is 0.357 e. The summed E-state index contributed by atoms with van der Waals surface area (Å²) in [6.45, 7) is 8.85. The molecule has 1 aromatic rings. The first-order chi connectivity index (χ1) is 12.9. The van der Waals surface area contributed by atoms with Crippen LogP contribution in [0.1, 0.15) is 52.0 Å². The third kappa shape index (κ3) is 7.85. The minimum absolute atomic E-state index is 0.0612. The van der Waals surface area contributed by atoms with Gasteiger partial charge in [0, 0.05) is 38.4 Å². The number of nitrogens with zero attached hydrogens (tertiary/aromatic N) is 3. The summed E-state index contributed by atoms with van der Waals surface area (Å²) in [6, 6.07) is 4.19. The summed E-state index contributed by atoms with van der Waals surface area (Å²) in [6.07, 6.45) is 7.04. The molecular weight excluding hydrogens is 340 g/mol. The highest BCUT2D eigenvalue weighted by atomic mass is 16.2. The Morgan fingerprint density at radius 1 is 1.15 bits per heavy atom. The van der Waals surface area contributed by atoms with Crippen molar-refractivity contribution >= 4 is 17.7 Å². The van der Waals surface area contributed by atoms with Gasteiger partial charge in [-0.15, -0.1) is 0 Å². The lowest BCUT2D eigenvalue weighted by Gasteiger charge is -2.22. The Bertz CT molecular complexity index is 612. The molecule has 0 unspecified atom stereocenters. The van der Waals surface area contributed by atoms with E-state index in [-0.39, 0.29) is 18.0 Å². The average Bonchev–Trinajstić information content (AvgIpc) is 2.90. The number of aliphatic imine (C=N–C) groups is 1. The van der Waals surface area contributed by atoms with E-state index in [9.17, 15) is 4.79 Å². The van der Waals surface area contributed by atoms with Gasteiger partial charge in [0.1, 0.15) is 5.82 Å². The second-order valence-corrected chi connectivity index (χ2v) is 8.00. The van der Waals surface area contributed by atoms with Crippen LogP contribution >= 0.6 is 0 Å². The molecule has 0 atom stereocenters. The maximum Gasteiger partial charge on any atom is 0.239 e. The summed E-state index contributed by atoms with van der Waals surface area (Å²) in [5, 5.41) is 9.16. The number of nitrogens with one attached hydrogen (secondary N) is 3. The lowest BCUT2D eigenvalue weighted by atomic mass is 10.1. The fourth-order valence-electron chi connectivity index (χ4n) is 3.04. The van der Waals surface area contributed by atoms with Crippen molar-refractivity contribution in [3.8, 4) is 0 Å². The van der Waals surface area contributed by atoms with Crippen LogP contribution in [0.15, 0.2) is 23.3 Å². The molecule has 1 amide bonds. The van der Waals surface area contributed by atoms with E-state index in [0.717, 1.165) is 24.5 Å². The molecule has 7 nitrogen and oxygen atoms in total. The predicted octanol–water partition coefficient (Wildman–Crippen LogP) is 2.04. The van der Waals surface area contributed by atoms with Gasteiger partial charge in [-0.3, -0.25) is 9.79 Å². The predicted molar refractivity (Wildman–Crippen MR) is 111 cm³/mol. The molecule has 1 aromatic heterocycles. The average molecular weight is 375 g/mol. The number of pyridine rings is 1. The van der Waals surface area contributed by atoms with Crippen LogP contribution in [0.5, 0.6) is 0 Å². The van der Waals surface area contributed by atoms with Crippen LogP contribution in [0.4, 0.5) is 5.82 Å². The van der Waals surface area contributed by atoms with Crippen molar-refractivity contribution in [3.05, 3.63) is 23.9 Å². The highest BCUT2D eigenvalue weighted by molar-refractivity contribution is 5.86. The van der Waals surface area contributed by atoms with Crippen LogP contribution in [0, 0.1) is 0 Å². The van der Waals surface area contributed by atoms with Crippen molar-refractivity contribution in [1.29, 1.82) is 0 Å². The highest BCUT2D eigenvalue weighted by Crippen LogP contribution is 2.17. The zero-order valence-corrected chi connectivity index (χ0v) is 17.1. The summed E-state index contributed by atoms with van der Waals surface area (Å²) >= 11 is 0. The van der Waals surface area contributed by atoms with Crippen molar-refractivity contribution in [2.45, 2.75) is 58.5 Å². The van der Waals surface area contributed by atoms with E-state index < -0.39 is 0 Å². The number of hydrogen-bond donors (Lipinski definition) is 3. The molecule has 0 spiro atoms. The highest BCUT2D eigenvalue weighted by Gasteiger charge is 2.14. The Morgan fingerprint density at radius 3 is 2.41 bits per heavy atom. The summed E-state index contributed by atoms with van der Waals surface area (Å²) < 4.78 is 0. The molecule has 1 saturated heterocycles. The summed E-state index contributed by atoms with van der Waals surface area (Å²) in [5.74, 6) is 1.59. The Balaban J connectivity index is 1.79. The van der Waals surface area contributed by atoms with Gasteiger partial charge in [0.15, 0.2) is 5.96 Å². The molecule has 0 radical (unpaired) electrons. The molecule has 2 rings (SSSR count). The van der Waals surface area contributed by atoms with Crippen LogP contribution in [0.25, 0.3) is 0 Å². The third-order valence-corrected chi connectivity index (χ3v) is 4.35. The topological polar surface area (TPSA) is 81.6 Å². The number of guanidine groups is 1. The summed E-state index contributed by atoms with van der Waals surface area (Å²) in [7, 11) is 1.69. The maximum atomic E-state index is 11.9. The van der Waals surface area contributed by atoms with E-state index in [0.29, 0.717) is 12.5 Å². The van der Waals surface area contributed by atoms with Crippen molar-refractivity contribution in [2.24, 2.45) is 4.99 Å². The fourth-order valence-corrected chi connectivity index (χ4v) is 3.04. The zero-order chi connectivity index (χ0) is 19.7. The molecule has 0 aliphatic carbocycles. The van der Waals surface area contributed by atoms with Crippen LogP contribution in [-0.4, -0.2) is 49.1 Å². The van der Waals surface area contributed by atoms with Crippen LogP contribution in [0.3, 0.4) is 0 Å². The van der Waals surface area contributed by atoms with Crippen molar-refractivity contribution in [1.82, 2.24) is 20.9 Å². The number of anilines is 1. The molecular formula is C20H34N6O. The minimum atomic E-state index is -0.240. The normalized spacial score (nSPS) is 15.9. The molecule has 2 heterocycles. The number of aromatic nitrogens is 1. The van der Waals surface area contributed by atoms with Crippen LogP contribution in [0.2, 0.25) is 0 Å². The van der Waals surface area contributed by atoms with Gasteiger partial charge in [-0.2, -0.15) is 0 Å². The van der Waals surface area contributed by atoms with E-state index in [1.54, 1.807) is 7.05 Å². The zero-order valence-electron chi connectivity index (χ0n) is 17.1. The third-order valence-electron chi connectivity index (χ3n) is 4.35. The molecule has 7 heteroatoms. The summed E-state index contributed by atoms with van der Waals surface area (Å²) in [4.78, 5) is 23.1. The SMILES string of the molecule is CN=C(NCC(=O)NC(C)(C)C)NCc1ccc(N2CCCCCC2)nc1.